The lowest BCUT2D eigenvalue weighted by molar-refractivity contribution is 0.585. The van der Waals surface area contributed by atoms with Crippen LogP contribution in [0.15, 0.2) is 24.3 Å². The number of hydrogen-bond acceptors (Lipinski definition) is 4. The Labute approximate surface area is 124 Å². The third-order valence-electron chi connectivity index (χ3n) is 3.21. The number of nitrogens with two attached hydrogens (primary N) is 1. The van der Waals surface area contributed by atoms with Gasteiger partial charge in [-0.2, -0.15) is 0 Å². The fourth-order valence-electron chi connectivity index (χ4n) is 2.12. The Hall–Kier alpha value is -2.21. The number of anilines is 3. The first kappa shape index (κ1) is 13.8. The number of benzene rings is 2. The zero-order valence-electron chi connectivity index (χ0n) is 11.5. The number of nitrogens with one attached hydrogen (secondary N) is 1. The van der Waals surface area contributed by atoms with Crippen molar-refractivity contribution in [1.29, 1.82) is 0 Å². The van der Waals surface area contributed by atoms with Gasteiger partial charge >= 0.3 is 0 Å². The summed E-state index contributed by atoms with van der Waals surface area (Å²) in [6, 6.07) is 6.08. The summed E-state index contributed by atoms with van der Waals surface area (Å²) in [7, 11) is 0. The van der Waals surface area contributed by atoms with Crippen LogP contribution in [0.2, 0.25) is 0 Å². The van der Waals surface area contributed by atoms with Gasteiger partial charge in [0.2, 0.25) is 0 Å². The molecule has 0 amide bonds. The Morgan fingerprint density at radius 1 is 1.19 bits per heavy atom. The molecule has 0 aliphatic carbocycles. The molecule has 0 atom stereocenters. The van der Waals surface area contributed by atoms with Crippen molar-refractivity contribution in [2.45, 2.75) is 13.8 Å². The smallest absolute Gasteiger partial charge is 0.152 e. The molecule has 0 saturated heterocycles. The highest BCUT2D eigenvalue weighted by atomic mass is 32.1. The molecule has 2 aromatic carbocycles. The van der Waals surface area contributed by atoms with E-state index in [9.17, 15) is 8.78 Å². The molecule has 6 heteroatoms. The van der Waals surface area contributed by atoms with Crippen molar-refractivity contribution in [2.24, 2.45) is 0 Å². The standard InChI is InChI=1S/C15H13F2N3S/c1-7-3-4-9(16)15(14(7)17)20-11-6-12-13(5-10(11)18)21-8(2)19-12/h3-6,20H,18H2,1-2H3. The van der Waals surface area contributed by atoms with Gasteiger partial charge < -0.3 is 11.1 Å². The van der Waals surface area contributed by atoms with Crippen molar-refractivity contribution < 1.29 is 8.78 Å². The summed E-state index contributed by atoms with van der Waals surface area (Å²) in [6.07, 6.45) is 0. The summed E-state index contributed by atoms with van der Waals surface area (Å²) in [5.74, 6) is -1.28. The van der Waals surface area contributed by atoms with Gasteiger partial charge in [0.1, 0.15) is 11.5 Å². The molecule has 0 unspecified atom stereocenters. The molecule has 0 saturated carbocycles. The number of nitrogen functional groups attached to an aromatic ring is 1. The normalized spacial score (nSPS) is 11.0. The predicted molar refractivity (Wildman–Crippen MR) is 83.1 cm³/mol. The Morgan fingerprint density at radius 2 is 1.95 bits per heavy atom. The highest BCUT2D eigenvalue weighted by Gasteiger charge is 2.14. The zero-order valence-corrected chi connectivity index (χ0v) is 12.3. The maximum Gasteiger partial charge on any atom is 0.152 e. The number of aryl methyl sites for hydroxylation is 2. The van der Waals surface area contributed by atoms with Crippen LogP contribution in [0.4, 0.5) is 25.8 Å². The Kier molecular flexibility index (Phi) is 3.25. The van der Waals surface area contributed by atoms with Crippen molar-refractivity contribution in [3.8, 4) is 0 Å². The fourth-order valence-corrected chi connectivity index (χ4v) is 2.98. The summed E-state index contributed by atoms with van der Waals surface area (Å²) in [4.78, 5) is 4.35. The van der Waals surface area contributed by atoms with Gasteiger partial charge in [0.15, 0.2) is 5.82 Å². The van der Waals surface area contributed by atoms with Crippen molar-refractivity contribution in [2.75, 3.05) is 11.1 Å². The van der Waals surface area contributed by atoms with Crippen molar-refractivity contribution in [3.63, 3.8) is 0 Å². The van der Waals surface area contributed by atoms with Gasteiger partial charge in [-0.05, 0) is 37.6 Å². The SMILES string of the molecule is Cc1nc2cc(Nc3c(F)ccc(C)c3F)c(N)cc2s1. The number of hydrogen-bond donors (Lipinski definition) is 2. The molecule has 0 radical (unpaired) electrons. The van der Waals surface area contributed by atoms with E-state index in [1.807, 2.05) is 6.92 Å². The fraction of sp³-hybridized carbons (Fsp3) is 0.133. The number of rotatable bonds is 2. The first-order valence-corrected chi connectivity index (χ1v) is 7.15. The van der Waals surface area contributed by atoms with Crippen molar-refractivity contribution in [3.05, 3.63) is 46.5 Å². The third kappa shape index (κ3) is 2.42. The summed E-state index contributed by atoms with van der Waals surface area (Å²) >= 11 is 1.52. The van der Waals surface area contributed by atoms with Gasteiger partial charge in [0.25, 0.3) is 0 Å². The molecule has 3 nitrogen and oxygen atoms in total. The molecule has 108 valence electrons. The van der Waals surface area contributed by atoms with Crippen molar-refractivity contribution in [1.82, 2.24) is 4.98 Å². The van der Waals surface area contributed by atoms with E-state index in [0.29, 0.717) is 16.9 Å². The topological polar surface area (TPSA) is 50.9 Å². The van der Waals surface area contributed by atoms with Gasteiger partial charge in [0, 0.05) is 0 Å². The van der Waals surface area contributed by atoms with Gasteiger partial charge in [-0.25, -0.2) is 13.8 Å². The lowest BCUT2D eigenvalue weighted by atomic mass is 10.1. The van der Waals surface area contributed by atoms with Crippen LogP contribution in [-0.2, 0) is 0 Å². The number of thiazole rings is 1. The Morgan fingerprint density at radius 3 is 2.71 bits per heavy atom. The second-order valence-electron chi connectivity index (χ2n) is 4.82. The van der Waals surface area contributed by atoms with Gasteiger partial charge in [0.05, 0.1) is 26.6 Å². The summed E-state index contributed by atoms with van der Waals surface area (Å²) in [6.45, 7) is 3.48. The molecule has 0 bridgehead atoms. The van der Waals surface area contributed by atoms with Crippen LogP contribution < -0.4 is 11.1 Å². The summed E-state index contributed by atoms with van der Waals surface area (Å²) in [5.41, 5.74) is 7.73. The van der Waals surface area contributed by atoms with E-state index in [1.165, 1.54) is 23.5 Å². The molecule has 3 rings (SSSR count). The first-order chi connectivity index (χ1) is 9.95. The van der Waals surface area contributed by atoms with Gasteiger partial charge in [-0.15, -0.1) is 11.3 Å². The minimum Gasteiger partial charge on any atom is -0.397 e. The van der Waals surface area contributed by atoms with E-state index < -0.39 is 11.6 Å². The zero-order chi connectivity index (χ0) is 15.1. The third-order valence-corrected chi connectivity index (χ3v) is 4.14. The van der Waals surface area contributed by atoms with Crippen molar-refractivity contribution >= 4 is 38.6 Å². The van der Waals surface area contributed by atoms with Crippen LogP contribution in [0, 0.1) is 25.5 Å². The lowest BCUT2D eigenvalue weighted by Crippen LogP contribution is -2.02. The van der Waals surface area contributed by atoms with Crippen LogP contribution in [-0.4, -0.2) is 4.98 Å². The van der Waals surface area contributed by atoms with Gasteiger partial charge in [-0.1, -0.05) is 6.07 Å². The second kappa shape index (κ2) is 4.96. The molecule has 0 aliphatic heterocycles. The molecule has 0 spiro atoms. The number of halogens is 2. The minimum atomic E-state index is -0.660. The van der Waals surface area contributed by atoms with Crippen LogP contribution in [0.5, 0.6) is 0 Å². The van der Waals surface area contributed by atoms with Crippen LogP contribution in [0.1, 0.15) is 10.6 Å². The average Bonchev–Trinajstić information content (AvgIpc) is 2.78. The molecule has 0 fully saturated rings. The monoisotopic (exact) mass is 305 g/mol. The molecular weight excluding hydrogens is 292 g/mol. The summed E-state index contributed by atoms with van der Waals surface area (Å²) < 4.78 is 28.8. The highest BCUT2D eigenvalue weighted by Crippen LogP contribution is 2.33. The predicted octanol–water partition coefficient (Wildman–Crippen LogP) is 4.52. The maximum atomic E-state index is 14.0. The average molecular weight is 305 g/mol. The molecule has 1 aromatic heterocycles. The highest BCUT2D eigenvalue weighted by molar-refractivity contribution is 7.18. The van der Waals surface area contributed by atoms with E-state index >= 15 is 0 Å². The molecule has 3 aromatic rings. The molecule has 21 heavy (non-hydrogen) atoms. The largest absolute Gasteiger partial charge is 0.397 e. The van der Waals surface area contributed by atoms with E-state index in [1.54, 1.807) is 19.1 Å². The Bertz CT molecular complexity index is 843. The number of fused-ring (bicyclic) bond motifs is 1. The quantitative estimate of drug-likeness (QED) is 0.685. The number of aromatic nitrogens is 1. The lowest BCUT2D eigenvalue weighted by Gasteiger charge is -2.12. The van der Waals surface area contributed by atoms with Crippen LogP contribution in [0.3, 0.4) is 0 Å². The molecule has 3 N–H and O–H groups in total. The maximum absolute atomic E-state index is 14.0. The summed E-state index contributed by atoms with van der Waals surface area (Å²) in [5, 5.41) is 3.65. The van der Waals surface area contributed by atoms with E-state index in [2.05, 4.69) is 10.3 Å². The van der Waals surface area contributed by atoms with Gasteiger partial charge in [-0.3, -0.25) is 0 Å². The van der Waals surface area contributed by atoms with E-state index in [-0.39, 0.29) is 5.69 Å². The second-order valence-corrected chi connectivity index (χ2v) is 6.05. The van der Waals surface area contributed by atoms with Crippen LogP contribution >= 0.6 is 11.3 Å². The molecule has 0 aliphatic rings. The van der Waals surface area contributed by atoms with E-state index in [0.717, 1.165) is 15.2 Å². The molecule has 1 heterocycles. The first-order valence-electron chi connectivity index (χ1n) is 6.34. The van der Waals surface area contributed by atoms with E-state index in [4.69, 9.17) is 5.73 Å². The Balaban J connectivity index is 2.09. The number of nitrogens with zero attached hydrogens (tertiary/aromatic N) is 1. The van der Waals surface area contributed by atoms with Crippen LogP contribution in [0.25, 0.3) is 10.2 Å². The molecular formula is C15H13F2N3S. The minimum absolute atomic E-state index is 0.201.